The lowest BCUT2D eigenvalue weighted by molar-refractivity contribution is -0.167. The third-order valence-electron chi connectivity index (χ3n) is 14.3. The number of allylic oxidation sites excluding steroid dienone is 16. The van der Waals surface area contributed by atoms with Gasteiger partial charge in [-0.2, -0.15) is 0 Å². The zero-order valence-electron chi connectivity index (χ0n) is 51.4. The lowest BCUT2D eigenvalue weighted by atomic mass is 10.0. The Kier molecular flexibility index (Phi) is 62.7. The molecule has 78 heavy (non-hydrogen) atoms. The molecule has 1 atom stereocenters. The topological polar surface area (TPSA) is 78.9 Å². The van der Waals surface area contributed by atoms with Crippen molar-refractivity contribution in [1.29, 1.82) is 0 Å². The van der Waals surface area contributed by atoms with Crippen molar-refractivity contribution in [2.45, 2.75) is 329 Å². The average Bonchev–Trinajstić information content (AvgIpc) is 3.44. The van der Waals surface area contributed by atoms with Crippen LogP contribution in [-0.2, 0) is 28.6 Å². The summed E-state index contributed by atoms with van der Waals surface area (Å²) in [5, 5.41) is 0. The van der Waals surface area contributed by atoms with Crippen LogP contribution in [0.4, 0.5) is 0 Å². The zero-order valence-corrected chi connectivity index (χ0v) is 51.4. The fraction of sp³-hybridized carbons (Fsp3) is 0.736. The van der Waals surface area contributed by atoms with Crippen molar-refractivity contribution in [3.8, 4) is 0 Å². The second kappa shape index (κ2) is 65.8. The molecule has 0 spiro atoms. The predicted octanol–water partition coefficient (Wildman–Crippen LogP) is 22.8. The molecule has 0 N–H and O–H groups in total. The van der Waals surface area contributed by atoms with Crippen molar-refractivity contribution in [3.05, 3.63) is 97.2 Å². The molecule has 0 rings (SSSR count). The molecule has 0 aromatic heterocycles. The maximum atomic E-state index is 12.9. The number of hydrogen-bond donors (Lipinski definition) is 0. The molecular weight excluding hydrogens is 961 g/mol. The van der Waals surface area contributed by atoms with Crippen LogP contribution in [0.3, 0.4) is 0 Å². The van der Waals surface area contributed by atoms with Crippen molar-refractivity contribution in [1.82, 2.24) is 0 Å². The SMILES string of the molecule is CC/C=C\C/C=C\C/C=C\C/C=C\CCCCCCCCCCCCC(=O)OCC(COC(=O)CCCCCCCCCCCCCCCCCCCC)OC(=O)CCCCCCCC/C=C\C/C=C\C/C=C\C/C=C\CC. The Labute approximate surface area is 483 Å². The van der Waals surface area contributed by atoms with Gasteiger partial charge in [0.2, 0.25) is 0 Å². The minimum Gasteiger partial charge on any atom is -0.462 e. The van der Waals surface area contributed by atoms with E-state index in [0.29, 0.717) is 19.3 Å². The minimum atomic E-state index is -0.788. The summed E-state index contributed by atoms with van der Waals surface area (Å²) in [6.07, 6.45) is 88.4. The summed E-state index contributed by atoms with van der Waals surface area (Å²) in [5.74, 6) is -0.885. The Morgan fingerprint density at radius 1 is 0.269 bits per heavy atom. The second-order valence-corrected chi connectivity index (χ2v) is 22.0. The standard InChI is InChI=1S/C72H124O6/c1-4-7-10-13-16-19-22-25-28-31-34-35-36-37-39-41-44-47-50-53-56-59-62-65-71(74)77-68-69(67-76-70(73)64-61-58-55-52-49-46-43-40-33-30-27-24-21-18-15-12-9-6-3)78-72(75)66-63-60-57-54-51-48-45-42-38-32-29-26-23-20-17-14-11-8-5-2/h7-8,10-11,16-17,19-20,25-26,28-29,34-35,38,42,69H,4-6,9,12-15,18,21-24,27,30-33,36-37,39-41,43-68H2,1-3H3/b10-7-,11-8-,19-16-,20-17-,28-25-,29-26-,35-34-,42-38-. The number of unbranched alkanes of at least 4 members (excludes halogenated alkanes) is 33. The summed E-state index contributed by atoms with van der Waals surface area (Å²) in [7, 11) is 0. The van der Waals surface area contributed by atoms with E-state index < -0.39 is 6.10 Å². The van der Waals surface area contributed by atoms with E-state index in [9.17, 15) is 14.4 Å². The van der Waals surface area contributed by atoms with E-state index in [0.717, 1.165) is 122 Å². The molecule has 0 amide bonds. The van der Waals surface area contributed by atoms with E-state index in [1.165, 1.54) is 161 Å². The molecule has 0 aliphatic carbocycles. The first-order valence-electron chi connectivity index (χ1n) is 33.2. The van der Waals surface area contributed by atoms with Crippen LogP contribution in [0.15, 0.2) is 97.2 Å². The number of carbonyl (C=O) groups excluding carboxylic acids is 3. The zero-order chi connectivity index (χ0) is 56.4. The highest BCUT2D eigenvalue weighted by Gasteiger charge is 2.19. The average molecular weight is 1090 g/mol. The van der Waals surface area contributed by atoms with Gasteiger partial charge in [0.25, 0.3) is 0 Å². The van der Waals surface area contributed by atoms with Gasteiger partial charge in [-0.25, -0.2) is 0 Å². The van der Waals surface area contributed by atoms with Crippen molar-refractivity contribution in [3.63, 3.8) is 0 Å². The summed E-state index contributed by atoms with van der Waals surface area (Å²) >= 11 is 0. The Balaban J connectivity index is 4.39. The third-order valence-corrected chi connectivity index (χ3v) is 14.3. The van der Waals surface area contributed by atoms with Crippen LogP contribution in [-0.4, -0.2) is 37.2 Å². The molecule has 6 heteroatoms. The van der Waals surface area contributed by atoms with Gasteiger partial charge in [-0.15, -0.1) is 0 Å². The van der Waals surface area contributed by atoms with Gasteiger partial charge in [-0.3, -0.25) is 14.4 Å². The van der Waals surface area contributed by atoms with Crippen molar-refractivity contribution in [2.75, 3.05) is 13.2 Å². The molecule has 0 aromatic carbocycles. The lowest BCUT2D eigenvalue weighted by Gasteiger charge is -2.18. The van der Waals surface area contributed by atoms with Crippen LogP contribution in [0, 0.1) is 0 Å². The van der Waals surface area contributed by atoms with Gasteiger partial charge >= 0.3 is 17.9 Å². The predicted molar refractivity (Wildman–Crippen MR) is 339 cm³/mol. The fourth-order valence-corrected chi connectivity index (χ4v) is 9.43. The van der Waals surface area contributed by atoms with E-state index in [2.05, 4.69) is 118 Å². The largest absolute Gasteiger partial charge is 0.462 e. The molecule has 0 aliphatic rings. The van der Waals surface area contributed by atoms with Gasteiger partial charge in [0, 0.05) is 19.3 Å². The first kappa shape index (κ1) is 74.3. The smallest absolute Gasteiger partial charge is 0.306 e. The number of hydrogen-bond acceptors (Lipinski definition) is 6. The number of rotatable bonds is 60. The first-order valence-corrected chi connectivity index (χ1v) is 33.2. The van der Waals surface area contributed by atoms with Gasteiger partial charge in [-0.05, 0) is 96.3 Å². The van der Waals surface area contributed by atoms with Gasteiger partial charge < -0.3 is 14.2 Å². The molecule has 1 unspecified atom stereocenters. The molecule has 448 valence electrons. The quantitative estimate of drug-likeness (QED) is 0.0261. The normalized spacial score (nSPS) is 12.7. The van der Waals surface area contributed by atoms with Gasteiger partial charge in [0.15, 0.2) is 6.10 Å². The van der Waals surface area contributed by atoms with Crippen LogP contribution in [0.2, 0.25) is 0 Å². The van der Waals surface area contributed by atoms with Crippen LogP contribution in [0.5, 0.6) is 0 Å². The Morgan fingerprint density at radius 2 is 0.500 bits per heavy atom. The number of ether oxygens (including phenoxy) is 3. The summed E-state index contributed by atoms with van der Waals surface area (Å²) < 4.78 is 17.0. The molecular formula is C72H124O6. The van der Waals surface area contributed by atoms with Gasteiger partial charge in [-0.1, -0.05) is 304 Å². The van der Waals surface area contributed by atoms with Crippen molar-refractivity contribution < 1.29 is 28.6 Å². The van der Waals surface area contributed by atoms with Crippen LogP contribution in [0.25, 0.3) is 0 Å². The maximum absolute atomic E-state index is 12.9. The summed E-state index contributed by atoms with van der Waals surface area (Å²) in [6.45, 7) is 6.44. The molecule has 0 fully saturated rings. The molecule has 0 aliphatic heterocycles. The number of esters is 3. The minimum absolute atomic E-state index is 0.0819. The van der Waals surface area contributed by atoms with Crippen LogP contribution < -0.4 is 0 Å². The van der Waals surface area contributed by atoms with Crippen molar-refractivity contribution in [2.24, 2.45) is 0 Å². The van der Waals surface area contributed by atoms with E-state index in [-0.39, 0.29) is 31.1 Å². The lowest BCUT2D eigenvalue weighted by Crippen LogP contribution is -2.30. The maximum Gasteiger partial charge on any atom is 0.306 e. The van der Waals surface area contributed by atoms with Crippen LogP contribution >= 0.6 is 0 Å². The fourth-order valence-electron chi connectivity index (χ4n) is 9.43. The van der Waals surface area contributed by atoms with Crippen LogP contribution in [0.1, 0.15) is 323 Å². The molecule has 6 nitrogen and oxygen atoms in total. The monoisotopic (exact) mass is 1080 g/mol. The highest BCUT2D eigenvalue weighted by atomic mass is 16.6. The molecule has 0 saturated carbocycles. The van der Waals surface area contributed by atoms with Crippen molar-refractivity contribution >= 4 is 17.9 Å². The summed E-state index contributed by atoms with van der Waals surface area (Å²) in [5.41, 5.74) is 0. The summed E-state index contributed by atoms with van der Waals surface area (Å²) in [6, 6.07) is 0. The molecule has 0 heterocycles. The Bertz CT molecular complexity index is 1530. The second-order valence-electron chi connectivity index (χ2n) is 22.0. The first-order chi connectivity index (χ1) is 38.5. The number of carbonyl (C=O) groups is 3. The summed E-state index contributed by atoms with van der Waals surface area (Å²) in [4.78, 5) is 38.4. The molecule has 0 radical (unpaired) electrons. The van der Waals surface area contributed by atoms with E-state index in [1.807, 2.05) is 0 Å². The Hall–Kier alpha value is -3.67. The third kappa shape index (κ3) is 63.2. The molecule has 0 bridgehead atoms. The van der Waals surface area contributed by atoms with E-state index in [4.69, 9.17) is 14.2 Å². The Morgan fingerprint density at radius 3 is 0.782 bits per heavy atom. The molecule has 0 saturated heterocycles. The van der Waals surface area contributed by atoms with Gasteiger partial charge in [0.05, 0.1) is 0 Å². The van der Waals surface area contributed by atoms with E-state index >= 15 is 0 Å². The van der Waals surface area contributed by atoms with E-state index in [1.54, 1.807) is 0 Å². The highest BCUT2D eigenvalue weighted by molar-refractivity contribution is 5.71. The highest BCUT2D eigenvalue weighted by Crippen LogP contribution is 2.17. The van der Waals surface area contributed by atoms with Gasteiger partial charge in [0.1, 0.15) is 13.2 Å². The molecule has 0 aromatic rings.